The highest BCUT2D eigenvalue weighted by Gasteiger charge is 2.09. The predicted molar refractivity (Wildman–Crippen MR) is 58.2 cm³/mol. The van der Waals surface area contributed by atoms with Crippen LogP contribution in [0.4, 0.5) is 5.82 Å². The van der Waals surface area contributed by atoms with Crippen molar-refractivity contribution in [2.75, 3.05) is 0 Å². The SMILES string of the molecule is C1=Nc2ncc3ccccc3c2CC1. The molecule has 1 aromatic carbocycles. The van der Waals surface area contributed by atoms with E-state index in [0.717, 1.165) is 18.7 Å². The molecule has 1 aromatic heterocycles. The Labute approximate surface area is 82.3 Å². The van der Waals surface area contributed by atoms with Crippen molar-refractivity contribution in [1.29, 1.82) is 0 Å². The van der Waals surface area contributed by atoms with Crippen molar-refractivity contribution in [2.24, 2.45) is 4.99 Å². The minimum absolute atomic E-state index is 0.898. The summed E-state index contributed by atoms with van der Waals surface area (Å²) in [5, 5.41) is 2.51. The molecule has 3 rings (SSSR count). The van der Waals surface area contributed by atoms with E-state index in [0.29, 0.717) is 0 Å². The van der Waals surface area contributed by atoms with E-state index < -0.39 is 0 Å². The van der Waals surface area contributed by atoms with Gasteiger partial charge in [-0.25, -0.2) is 9.98 Å². The van der Waals surface area contributed by atoms with Gasteiger partial charge in [-0.2, -0.15) is 0 Å². The maximum atomic E-state index is 4.35. The maximum absolute atomic E-state index is 4.35. The van der Waals surface area contributed by atoms with Crippen LogP contribution in [0.1, 0.15) is 12.0 Å². The molecule has 0 aliphatic carbocycles. The Morgan fingerprint density at radius 2 is 2.07 bits per heavy atom. The van der Waals surface area contributed by atoms with E-state index in [9.17, 15) is 0 Å². The van der Waals surface area contributed by atoms with Gasteiger partial charge in [-0.05, 0) is 18.2 Å². The van der Waals surface area contributed by atoms with Crippen LogP contribution in [0.5, 0.6) is 0 Å². The Morgan fingerprint density at radius 1 is 1.14 bits per heavy atom. The van der Waals surface area contributed by atoms with E-state index >= 15 is 0 Å². The lowest BCUT2D eigenvalue weighted by atomic mass is 10.0. The summed E-state index contributed by atoms with van der Waals surface area (Å²) in [5.41, 5.74) is 1.30. The molecular weight excluding hydrogens is 172 g/mol. The third-order valence-corrected chi connectivity index (χ3v) is 2.62. The van der Waals surface area contributed by atoms with Crippen molar-refractivity contribution in [3.05, 3.63) is 36.0 Å². The molecule has 0 spiro atoms. The topological polar surface area (TPSA) is 25.2 Å². The van der Waals surface area contributed by atoms with E-state index in [4.69, 9.17) is 0 Å². The lowest BCUT2D eigenvalue weighted by Crippen LogP contribution is -1.96. The van der Waals surface area contributed by atoms with Gasteiger partial charge < -0.3 is 0 Å². The molecule has 0 saturated carbocycles. The monoisotopic (exact) mass is 182 g/mol. The molecule has 2 heteroatoms. The molecule has 68 valence electrons. The summed E-state index contributed by atoms with van der Waals surface area (Å²) < 4.78 is 0. The smallest absolute Gasteiger partial charge is 0.155 e. The van der Waals surface area contributed by atoms with E-state index in [1.54, 1.807) is 0 Å². The Hall–Kier alpha value is -1.70. The summed E-state index contributed by atoms with van der Waals surface area (Å²) >= 11 is 0. The first-order valence-electron chi connectivity index (χ1n) is 4.84. The summed E-state index contributed by atoms with van der Waals surface area (Å²) in [6, 6.07) is 8.36. The highest BCUT2D eigenvalue weighted by Crippen LogP contribution is 2.28. The third-order valence-electron chi connectivity index (χ3n) is 2.62. The number of aliphatic imine (C=N–C) groups is 1. The van der Waals surface area contributed by atoms with Crippen molar-refractivity contribution in [3.63, 3.8) is 0 Å². The van der Waals surface area contributed by atoms with Crippen molar-refractivity contribution in [1.82, 2.24) is 4.98 Å². The molecule has 0 amide bonds. The van der Waals surface area contributed by atoms with Gasteiger partial charge in [0.25, 0.3) is 0 Å². The number of fused-ring (bicyclic) bond motifs is 3. The molecule has 1 aliphatic heterocycles. The molecule has 2 heterocycles. The van der Waals surface area contributed by atoms with Crippen molar-refractivity contribution in [2.45, 2.75) is 12.8 Å². The fourth-order valence-corrected chi connectivity index (χ4v) is 1.93. The van der Waals surface area contributed by atoms with Gasteiger partial charge in [0.05, 0.1) is 0 Å². The molecule has 2 nitrogen and oxygen atoms in total. The second kappa shape index (κ2) is 2.91. The van der Waals surface area contributed by atoms with Crippen LogP contribution in [0.2, 0.25) is 0 Å². The zero-order chi connectivity index (χ0) is 9.38. The zero-order valence-corrected chi connectivity index (χ0v) is 7.77. The largest absolute Gasteiger partial charge is 0.241 e. The molecule has 0 saturated heterocycles. The first-order chi connectivity index (χ1) is 6.95. The van der Waals surface area contributed by atoms with Crippen molar-refractivity contribution in [3.8, 4) is 0 Å². The van der Waals surface area contributed by atoms with Gasteiger partial charge in [-0.3, -0.25) is 0 Å². The summed E-state index contributed by atoms with van der Waals surface area (Å²) in [7, 11) is 0. The van der Waals surface area contributed by atoms with Gasteiger partial charge in [0.15, 0.2) is 5.82 Å². The number of hydrogen-bond donors (Lipinski definition) is 0. The minimum atomic E-state index is 0.898. The minimum Gasteiger partial charge on any atom is -0.241 e. The van der Waals surface area contributed by atoms with Crippen molar-refractivity contribution < 1.29 is 0 Å². The summed E-state index contributed by atoms with van der Waals surface area (Å²) in [6.07, 6.45) is 5.94. The van der Waals surface area contributed by atoms with Gasteiger partial charge >= 0.3 is 0 Å². The van der Waals surface area contributed by atoms with Gasteiger partial charge in [0.2, 0.25) is 0 Å². The average molecular weight is 182 g/mol. The normalized spacial score (nSPS) is 14.3. The molecule has 0 fully saturated rings. The highest BCUT2D eigenvalue weighted by atomic mass is 14.9. The van der Waals surface area contributed by atoms with Crippen LogP contribution in [0.3, 0.4) is 0 Å². The van der Waals surface area contributed by atoms with Crippen molar-refractivity contribution >= 4 is 22.8 Å². The lowest BCUT2D eigenvalue weighted by molar-refractivity contribution is 1.02. The number of hydrogen-bond acceptors (Lipinski definition) is 2. The molecule has 0 N–H and O–H groups in total. The molecule has 14 heavy (non-hydrogen) atoms. The van der Waals surface area contributed by atoms with Gasteiger partial charge in [-0.15, -0.1) is 0 Å². The third kappa shape index (κ3) is 1.04. The molecule has 0 atom stereocenters. The van der Waals surface area contributed by atoms with E-state index in [2.05, 4.69) is 28.2 Å². The van der Waals surface area contributed by atoms with E-state index in [1.807, 2.05) is 18.5 Å². The second-order valence-electron chi connectivity index (χ2n) is 3.50. The van der Waals surface area contributed by atoms with Gasteiger partial charge in [0.1, 0.15) is 0 Å². The number of nitrogens with zero attached hydrogens (tertiary/aromatic N) is 2. The van der Waals surface area contributed by atoms with Crippen LogP contribution in [-0.4, -0.2) is 11.2 Å². The predicted octanol–water partition coefficient (Wildman–Crippen LogP) is 2.88. The van der Waals surface area contributed by atoms with Crippen LogP contribution >= 0.6 is 0 Å². The van der Waals surface area contributed by atoms with Gasteiger partial charge in [-0.1, -0.05) is 24.3 Å². The summed E-state index contributed by atoms with van der Waals surface area (Å²) in [4.78, 5) is 8.66. The van der Waals surface area contributed by atoms with Crippen LogP contribution in [0, 0.1) is 0 Å². The van der Waals surface area contributed by atoms with Crippen LogP contribution in [-0.2, 0) is 6.42 Å². The lowest BCUT2D eigenvalue weighted by Gasteiger charge is -2.11. The average Bonchev–Trinajstić information content (AvgIpc) is 2.29. The molecule has 0 bridgehead atoms. The van der Waals surface area contributed by atoms with Crippen LogP contribution < -0.4 is 0 Å². The van der Waals surface area contributed by atoms with E-state index in [-0.39, 0.29) is 0 Å². The number of benzene rings is 1. The molecule has 0 unspecified atom stereocenters. The Bertz CT molecular complexity index is 515. The molecule has 0 radical (unpaired) electrons. The maximum Gasteiger partial charge on any atom is 0.155 e. The summed E-state index contributed by atoms with van der Waals surface area (Å²) in [5.74, 6) is 0.898. The first-order valence-corrected chi connectivity index (χ1v) is 4.84. The molecule has 2 aromatic rings. The number of aromatic nitrogens is 1. The van der Waals surface area contributed by atoms with Crippen LogP contribution in [0.15, 0.2) is 35.5 Å². The summed E-state index contributed by atoms with van der Waals surface area (Å²) in [6.45, 7) is 0. The Balaban J connectivity index is 2.41. The van der Waals surface area contributed by atoms with Crippen LogP contribution in [0.25, 0.3) is 10.8 Å². The fourth-order valence-electron chi connectivity index (χ4n) is 1.93. The highest BCUT2D eigenvalue weighted by molar-refractivity contribution is 5.89. The quantitative estimate of drug-likeness (QED) is 0.615. The number of pyridine rings is 1. The second-order valence-corrected chi connectivity index (χ2v) is 3.50. The Morgan fingerprint density at radius 3 is 3.07 bits per heavy atom. The fraction of sp³-hybridized carbons (Fsp3) is 0.167. The zero-order valence-electron chi connectivity index (χ0n) is 7.77. The molecular formula is C12H10N2. The first kappa shape index (κ1) is 7.68. The Kier molecular flexibility index (Phi) is 1.60. The van der Waals surface area contributed by atoms with E-state index in [1.165, 1.54) is 16.3 Å². The number of rotatable bonds is 0. The van der Waals surface area contributed by atoms with Gasteiger partial charge in [0, 0.05) is 23.4 Å². The molecule has 1 aliphatic rings. The number of aryl methyl sites for hydroxylation is 1. The standard InChI is InChI=1S/C12H10N2/c1-2-5-10-9(4-1)8-14-12-11(10)6-3-7-13-12/h1-2,4-5,7-8H,3,6H2.